The highest BCUT2D eigenvalue weighted by atomic mass is 35.5. The van der Waals surface area contributed by atoms with Crippen molar-refractivity contribution in [2.24, 2.45) is 0 Å². The molecule has 0 saturated heterocycles. The lowest BCUT2D eigenvalue weighted by atomic mass is 10.2. The summed E-state index contributed by atoms with van der Waals surface area (Å²) in [5.74, 6) is 1.86. The van der Waals surface area contributed by atoms with Crippen molar-refractivity contribution in [1.29, 1.82) is 0 Å². The van der Waals surface area contributed by atoms with E-state index in [1.54, 1.807) is 6.07 Å². The van der Waals surface area contributed by atoms with Crippen LogP contribution in [0.3, 0.4) is 0 Å². The van der Waals surface area contributed by atoms with Crippen molar-refractivity contribution >= 4 is 17.3 Å². The van der Waals surface area contributed by atoms with E-state index in [0.29, 0.717) is 17.3 Å². The summed E-state index contributed by atoms with van der Waals surface area (Å²) in [6.07, 6.45) is 1.70. The van der Waals surface area contributed by atoms with E-state index < -0.39 is 0 Å². The van der Waals surface area contributed by atoms with E-state index in [1.165, 1.54) is 0 Å². The molecule has 0 spiro atoms. The minimum absolute atomic E-state index is 0.634. The maximum absolute atomic E-state index is 6.17. The van der Waals surface area contributed by atoms with E-state index in [0.717, 1.165) is 30.1 Å². The molecule has 1 aromatic carbocycles. The Morgan fingerprint density at radius 1 is 1.28 bits per heavy atom. The summed E-state index contributed by atoms with van der Waals surface area (Å²) in [6, 6.07) is 5.55. The van der Waals surface area contributed by atoms with Gasteiger partial charge in [-0.05, 0) is 17.7 Å². The van der Waals surface area contributed by atoms with Crippen molar-refractivity contribution in [2.75, 3.05) is 5.73 Å². The average molecular weight is 265 g/mol. The highest BCUT2D eigenvalue weighted by Crippen LogP contribution is 2.20. The molecule has 1 heterocycles. The first kappa shape index (κ1) is 12.9. The smallest absolute Gasteiger partial charge is 0.150 e. The topological polar surface area (TPSA) is 56.7 Å². The zero-order valence-corrected chi connectivity index (χ0v) is 11.4. The summed E-state index contributed by atoms with van der Waals surface area (Å²) in [7, 11) is 0. The monoisotopic (exact) mass is 264 g/mol. The zero-order valence-electron chi connectivity index (χ0n) is 10.7. The number of aromatic nitrogens is 3. The van der Waals surface area contributed by atoms with Crippen LogP contribution in [0, 0.1) is 0 Å². The number of benzene rings is 1. The SMILES string of the molecule is CCc1nc(CC)n(Cc2ccc(N)cc2Cl)n1. The van der Waals surface area contributed by atoms with Crippen LogP contribution in [-0.2, 0) is 19.4 Å². The maximum atomic E-state index is 6.17. The molecule has 1 aromatic heterocycles. The molecule has 0 amide bonds. The number of halogens is 1. The molecule has 2 rings (SSSR count). The van der Waals surface area contributed by atoms with E-state index in [2.05, 4.69) is 23.9 Å². The fourth-order valence-electron chi connectivity index (χ4n) is 1.82. The quantitative estimate of drug-likeness (QED) is 0.864. The number of anilines is 1. The summed E-state index contributed by atoms with van der Waals surface area (Å²) in [6.45, 7) is 4.76. The largest absolute Gasteiger partial charge is 0.399 e. The van der Waals surface area contributed by atoms with Crippen molar-refractivity contribution < 1.29 is 0 Å². The third-order valence-corrected chi connectivity index (χ3v) is 3.17. The molecule has 0 fully saturated rings. The lowest BCUT2D eigenvalue weighted by Crippen LogP contribution is -2.07. The van der Waals surface area contributed by atoms with E-state index in [9.17, 15) is 0 Å². The van der Waals surface area contributed by atoms with Gasteiger partial charge in [-0.15, -0.1) is 0 Å². The number of hydrogen-bond acceptors (Lipinski definition) is 3. The molecule has 0 radical (unpaired) electrons. The van der Waals surface area contributed by atoms with Crippen LogP contribution in [0.1, 0.15) is 31.1 Å². The molecule has 0 aliphatic carbocycles. The van der Waals surface area contributed by atoms with Crippen molar-refractivity contribution in [2.45, 2.75) is 33.2 Å². The highest BCUT2D eigenvalue weighted by Gasteiger charge is 2.09. The van der Waals surface area contributed by atoms with Gasteiger partial charge in [-0.1, -0.05) is 31.5 Å². The van der Waals surface area contributed by atoms with E-state index in [1.807, 2.05) is 16.8 Å². The van der Waals surface area contributed by atoms with Crippen LogP contribution in [0.4, 0.5) is 5.69 Å². The standard InChI is InChI=1S/C13H17ClN4/c1-3-12-16-13(4-2)18(17-12)8-9-5-6-10(15)7-11(9)14/h5-7H,3-4,8,15H2,1-2H3. The number of nitrogens with two attached hydrogens (primary N) is 1. The summed E-state index contributed by atoms with van der Waals surface area (Å²) in [5.41, 5.74) is 7.36. The molecule has 0 atom stereocenters. The molecule has 0 aliphatic rings. The van der Waals surface area contributed by atoms with Crippen molar-refractivity contribution in [3.63, 3.8) is 0 Å². The highest BCUT2D eigenvalue weighted by molar-refractivity contribution is 6.31. The minimum atomic E-state index is 0.634. The van der Waals surface area contributed by atoms with Gasteiger partial charge in [-0.3, -0.25) is 0 Å². The van der Waals surface area contributed by atoms with Gasteiger partial charge >= 0.3 is 0 Å². The fourth-order valence-corrected chi connectivity index (χ4v) is 2.07. The van der Waals surface area contributed by atoms with Crippen LogP contribution in [-0.4, -0.2) is 14.8 Å². The molecular weight excluding hydrogens is 248 g/mol. The molecule has 0 bridgehead atoms. The molecule has 96 valence electrons. The predicted molar refractivity (Wildman–Crippen MR) is 73.7 cm³/mol. The van der Waals surface area contributed by atoms with E-state index >= 15 is 0 Å². The van der Waals surface area contributed by atoms with Crippen LogP contribution in [0.25, 0.3) is 0 Å². The second kappa shape index (κ2) is 5.40. The summed E-state index contributed by atoms with van der Waals surface area (Å²) >= 11 is 6.17. The van der Waals surface area contributed by atoms with Gasteiger partial charge in [-0.2, -0.15) is 5.10 Å². The Labute approximate surface area is 112 Å². The lowest BCUT2D eigenvalue weighted by molar-refractivity contribution is 0.637. The van der Waals surface area contributed by atoms with E-state index in [-0.39, 0.29) is 0 Å². The lowest BCUT2D eigenvalue weighted by Gasteiger charge is -2.07. The van der Waals surface area contributed by atoms with Gasteiger partial charge in [0.1, 0.15) is 5.82 Å². The fraction of sp³-hybridized carbons (Fsp3) is 0.385. The normalized spacial score (nSPS) is 10.8. The second-order valence-corrected chi connectivity index (χ2v) is 4.57. The van der Waals surface area contributed by atoms with Gasteiger partial charge in [0.15, 0.2) is 5.82 Å². The number of rotatable bonds is 4. The first-order chi connectivity index (χ1) is 8.63. The molecule has 2 N–H and O–H groups in total. The summed E-state index contributed by atoms with van der Waals surface area (Å²) < 4.78 is 1.91. The van der Waals surface area contributed by atoms with Gasteiger partial charge in [0.2, 0.25) is 0 Å². The zero-order chi connectivity index (χ0) is 13.1. The number of nitrogen functional groups attached to an aromatic ring is 1. The summed E-state index contributed by atoms with van der Waals surface area (Å²) in [5, 5.41) is 5.15. The molecular formula is C13H17ClN4. The minimum Gasteiger partial charge on any atom is -0.399 e. The molecule has 0 unspecified atom stereocenters. The van der Waals surface area contributed by atoms with Crippen molar-refractivity contribution in [1.82, 2.24) is 14.8 Å². The second-order valence-electron chi connectivity index (χ2n) is 4.16. The first-order valence-electron chi connectivity index (χ1n) is 6.10. The van der Waals surface area contributed by atoms with Crippen LogP contribution < -0.4 is 5.73 Å². The predicted octanol–water partition coefficient (Wildman–Crippen LogP) is 2.69. The molecule has 0 aliphatic heterocycles. The summed E-state index contributed by atoms with van der Waals surface area (Å²) in [4.78, 5) is 4.47. The Hall–Kier alpha value is -1.55. The Kier molecular flexibility index (Phi) is 3.87. The van der Waals surface area contributed by atoms with Crippen LogP contribution in [0.15, 0.2) is 18.2 Å². The van der Waals surface area contributed by atoms with Gasteiger partial charge in [0.25, 0.3) is 0 Å². The number of aryl methyl sites for hydroxylation is 2. The van der Waals surface area contributed by atoms with Crippen LogP contribution in [0.5, 0.6) is 0 Å². The Balaban J connectivity index is 2.30. The average Bonchev–Trinajstić information content (AvgIpc) is 2.75. The van der Waals surface area contributed by atoms with E-state index in [4.69, 9.17) is 17.3 Å². The molecule has 2 aromatic rings. The van der Waals surface area contributed by atoms with Crippen LogP contribution >= 0.6 is 11.6 Å². The molecule has 4 nitrogen and oxygen atoms in total. The maximum Gasteiger partial charge on any atom is 0.150 e. The van der Waals surface area contributed by atoms with Gasteiger partial charge in [-0.25, -0.2) is 9.67 Å². The molecule has 0 saturated carbocycles. The third kappa shape index (κ3) is 2.64. The Morgan fingerprint density at radius 3 is 2.67 bits per heavy atom. The van der Waals surface area contributed by atoms with Gasteiger partial charge in [0, 0.05) is 23.6 Å². The third-order valence-electron chi connectivity index (χ3n) is 2.82. The number of nitrogens with zero attached hydrogens (tertiary/aromatic N) is 3. The first-order valence-corrected chi connectivity index (χ1v) is 6.48. The van der Waals surface area contributed by atoms with Crippen molar-refractivity contribution in [3.8, 4) is 0 Å². The van der Waals surface area contributed by atoms with Gasteiger partial charge < -0.3 is 5.73 Å². The van der Waals surface area contributed by atoms with Crippen LogP contribution in [0.2, 0.25) is 5.02 Å². The Bertz CT molecular complexity index is 548. The Morgan fingerprint density at radius 2 is 2.06 bits per heavy atom. The van der Waals surface area contributed by atoms with Gasteiger partial charge in [0.05, 0.1) is 6.54 Å². The number of hydrogen-bond donors (Lipinski definition) is 1. The van der Waals surface area contributed by atoms with Crippen molar-refractivity contribution in [3.05, 3.63) is 40.4 Å². The molecule has 5 heteroatoms. The molecule has 18 heavy (non-hydrogen) atoms.